The van der Waals surface area contributed by atoms with Crippen LogP contribution in [0.2, 0.25) is 0 Å². The Morgan fingerprint density at radius 1 is 1.10 bits per heavy atom. The highest BCUT2D eigenvalue weighted by atomic mass is 32.2. The number of hydrogen-bond acceptors (Lipinski definition) is 3. The molecule has 0 radical (unpaired) electrons. The molecular formula is C16H24N2O2S. The molecule has 1 saturated carbocycles. The summed E-state index contributed by atoms with van der Waals surface area (Å²) in [5.41, 5.74) is 1.08. The second-order valence-electron chi connectivity index (χ2n) is 6.36. The molecule has 1 unspecified atom stereocenters. The maximum Gasteiger partial charge on any atom is 0.212 e. The van der Waals surface area contributed by atoms with Crippen molar-refractivity contribution >= 4 is 10.0 Å². The molecule has 21 heavy (non-hydrogen) atoms. The average Bonchev–Trinajstić information content (AvgIpc) is 2.93. The molecule has 0 spiro atoms. The quantitative estimate of drug-likeness (QED) is 0.867. The van der Waals surface area contributed by atoms with Crippen molar-refractivity contribution in [2.45, 2.75) is 31.7 Å². The second kappa shape index (κ2) is 6.46. The van der Waals surface area contributed by atoms with E-state index in [0.717, 1.165) is 43.8 Å². The maximum absolute atomic E-state index is 12.2. The van der Waals surface area contributed by atoms with Crippen LogP contribution in [0.5, 0.6) is 0 Å². The van der Waals surface area contributed by atoms with E-state index >= 15 is 0 Å². The van der Waals surface area contributed by atoms with Crippen LogP contribution in [0, 0.1) is 11.8 Å². The zero-order valence-corrected chi connectivity index (χ0v) is 13.1. The lowest BCUT2D eigenvalue weighted by Gasteiger charge is -2.31. The molecule has 0 aromatic heterocycles. The molecule has 1 aromatic rings. The van der Waals surface area contributed by atoms with E-state index in [4.69, 9.17) is 0 Å². The summed E-state index contributed by atoms with van der Waals surface area (Å²) in [5, 5.41) is 3.42. The number of fused-ring (bicyclic) bond motifs is 1. The predicted octanol–water partition coefficient (Wildman–Crippen LogP) is 1.54. The van der Waals surface area contributed by atoms with Gasteiger partial charge in [-0.15, -0.1) is 0 Å². The maximum atomic E-state index is 12.2. The lowest BCUT2D eigenvalue weighted by Crippen LogP contribution is -2.41. The third-order valence-corrected chi connectivity index (χ3v) is 6.24. The fourth-order valence-corrected chi connectivity index (χ4v) is 4.96. The summed E-state index contributed by atoms with van der Waals surface area (Å²) in [6.07, 6.45) is 3.69. The fourth-order valence-electron chi connectivity index (χ4n) is 3.62. The zero-order valence-electron chi connectivity index (χ0n) is 12.3. The number of hydrogen-bond donors (Lipinski definition) is 2. The first-order valence-electron chi connectivity index (χ1n) is 7.87. The van der Waals surface area contributed by atoms with E-state index in [1.54, 1.807) is 0 Å². The van der Waals surface area contributed by atoms with Crippen LogP contribution < -0.4 is 10.0 Å². The topological polar surface area (TPSA) is 58.2 Å². The van der Waals surface area contributed by atoms with Crippen LogP contribution in [0.25, 0.3) is 0 Å². The first-order valence-corrected chi connectivity index (χ1v) is 9.52. The van der Waals surface area contributed by atoms with Crippen molar-refractivity contribution in [3.63, 3.8) is 0 Å². The van der Waals surface area contributed by atoms with Gasteiger partial charge in [-0.3, -0.25) is 0 Å². The summed E-state index contributed by atoms with van der Waals surface area (Å²) in [5.74, 6) is 1.59. The molecule has 1 saturated heterocycles. The second-order valence-corrected chi connectivity index (χ2v) is 8.23. The number of nitrogens with one attached hydrogen (secondary N) is 2. The Bertz CT molecular complexity index is 559. The number of rotatable bonds is 5. The van der Waals surface area contributed by atoms with Crippen molar-refractivity contribution in [3.8, 4) is 0 Å². The molecule has 5 heteroatoms. The molecule has 4 nitrogen and oxygen atoms in total. The Morgan fingerprint density at radius 2 is 1.86 bits per heavy atom. The van der Waals surface area contributed by atoms with E-state index in [9.17, 15) is 8.42 Å². The lowest BCUT2D eigenvalue weighted by atomic mass is 9.79. The van der Waals surface area contributed by atoms with E-state index in [2.05, 4.69) is 10.0 Å². The third kappa shape index (κ3) is 4.05. The molecular weight excluding hydrogens is 284 g/mol. The van der Waals surface area contributed by atoms with Crippen molar-refractivity contribution in [2.75, 3.05) is 18.8 Å². The van der Waals surface area contributed by atoms with E-state index in [-0.39, 0.29) is 11.8 Å². The smallest absolute Gasteiger partial charge is 0.212 e. The largest absolute Gasteiger partial charge is 0.316 e. The Balaban J connectivity index is 1.51. The predicted molar refractivity (Wildman–Crippen MR) is 84.6 cm³/mol. The minimum absolute atomic E-state index is 0.131. The van der Waals surface area contributed by atoms with Gasteiger partial charge < -0.3 is 5.32 Å². The monoisotopic (exact) mass is 308 g/mol. The summed E-state index contributed by atoms with van der Waals surface area (Å²) in [6, 6.07) is 9.93. The van der Waals surface area contributed by atoms with Crippen molar-refractivity contribution in [3.05, 3.63) is 35.9 Å². The van der Waals surface area contributed by atoms with Crippen molar-refractivity contribution in [2.24, 2.45) is 11.8 Å². The number of benzene rings is 1. The zero-order chi connectivity index (χ0) is 14.7. The Labute approximate surface area is 127 Å². The van der Waals surface area contributed by atoms with Gasteiger partial charge in [0, 0.05) is 6.04 Å². The highest BCUT2D eigenvalue weighted by molar-refractivity contribution is 7.89. The normalized spacial score (nSPS) is 29.2. The van der Waals surface area contributed by atoms with Gasteiger partial charge in [0.05, 0.1) is 5.75 Å². The Morgan fingerprint density at radius 3 is 2.67 bits per heavy atom. The van der Waals surface area contributed by atoms with Gasteiger partial charge in [0.15, 0.2) is 0 Å². The van der Waals surface area contributed by atoms with Crippen LogP contribution in [-0.4, -0.2) is 33.3 Å². The van der Waals surface area contributed by atoms with Crippen LogP contribution in [0.4, 0.5) is 0 Å². The summed E-state index contributed by atoms with van der Waals surface area (Å²) in [7, 11) is -3.18. The SMILES string of the molecule is O=S(=O)(CCc1ccccc1)NC1CC[C@H]2CNC[C@H]2C1. The molecule has 1 aromatic carbocycles. The van der Waals surface area contributed by atoms with E-state index in [0.29, 0.717) is 12.3 Å². The Kier molecular flexibility index (Phi) is 4.62. The molecule has 1 heterocycles. The van der Waals surface area contributed by atoms with Gasteiger partial charge in [-0.25, -0.2) is 13.1 Å². The third-order valence-electron chi connectivity index (χ3n) is 4.80. The van der Waals surface area contributed by atoms with Crippen LogP contribution in [0.1, 0.15) is 24.8 Å². The highest BCUT2D eigenvalue weighted by Gasteiger charge is 2.34. The van der Waals surface area contributed by atoms with Gasteiger partial charge in [-0.05, 0) is 56.2 Å². The molecule has 2 N–H and O–H groups in total. The minimum atomic E-state index is -3.18. The number of aryl methyl sites for hydroxylation is 1. The molecule has 0 bridgehead atoms. The van der Waals surface area contributed by atoms with Gasteiger partial charge in [0.1, 0.15) is 0 Å². The number of sulfonamides is 1. The van der Waals surface area contributed by atoms with Gasteiger partial charge in [-0.2, -0.15) is 0 Å². The summed E-state index contributed by atoms with van der Waals surface area (Å²) >= 11 is 0. The van der Waals surface area contributed by atoms with Crippen molar-refractivity contribution in [1.82, 2.24) is 10.0 Å². The van der Waals surface area contributed by atoms with E-state index in [1.807, 2.05) is 30.3 Å². The van der Waals surface area contributed by atoms with Crippen molar-refractivity contribution in [1.29, 1.82) is 0 Å². The summed E-state index contributed by atoms with van der Waals surface area (Å²) in [6.45, 7) is 2.16. The molecule has 3 rings (SSSR count). The van der Waals surface area contributed by atoms with Crippen LogP contribution in [0.3, 0.4) is 0 Å². The standard InChI is InChI=1S/C16H24N2O2S/c19-21(20,9-8-13-4-2-1-3-5-13)18-16-7-6-14-11-17-12-15(14)10-16/h1-5,14-18H,6-12H2/t14-,15+,16?/m0/s1. The molecule has 3 atom stereocenters. The first-order chi connectivity index (χ1) is 10.1. The highest BCUT2D eigenvalue weighted by Crippen LogP contribution is 2.32. The first kappa shape index (κ1) is 15.0. The van der Waals surface area contributed by atoms with Gasteiger partial charge in [-0.1, -0.05) is 30.3 Å². The summed E-state index contributed by atoms with van der Waals surface area (Å²) < 4.78 is 27.4. The van der Waals surface area contributed by atoms with E-state index in [1.165, 1.54) is 0 Å². The fraction of sp³-hybridized carbons (Fsp3) is 0.625. The van der Waals surface area contributed by atoms with Gasteiger partial charge in [0.25, 0.3) is 0 Å². The summed E-state index contributed by atoms with van der Waals surface area (Å²) in [4.78, 5) is 0. The lowest BCUT2D eigenvalue weighted by molar-refractivity contribution is 0.260. The molecule has 2 aliphatic rings. The van der Waals surface area contributed by atoms with Gasteiger partial charge >= 0.3 is 0 Å². The molecule has 0 amide bonds. The van der Waals surface area contributed by atoms with Crippen LogP contribution >= 0.6 is 0 Å². The van der Waals surface area contributed by atoms with Crippen LogP contribution in [-0.2, 0) is 16.4 Å². The molecule has 1 aliphatic carbocycles. The van der Waals surface area contributed by atoms with Gasteiger partial charge in [0.2, 0.25) is 10.0 Å². The van der Waals surface area contributed by atoms with Crippen LogP contribution in [0.15, 0.2) is 30.3 Å². The molecule has 116 valence electrons. The molecule has 2 fully saturated rings. The minimum Gasteiger partial charge on any atom is -0.316 e. The molecule has 1 aliphatic heterocycles. The van der Waals surface area contributed by atoms with Crippen molar-refractivity contribution < 1.29 is 8.42 Å². The Hall–Kier alpha value is -0.910. The van der Waals surface area contributed by atoms with E-state index < -0.39 is 10.0 Å². The average molecular weight is 308 g/mol.